The van der Waals surface area contributed by atoms with Crippen molar-refractivity contribution in [3.05, 3.63) is 18.2 Å². The third-order valence-corrected chi connectivity index (χ3v) is 4.63. The molecule has 0 spiro atoms. The average molecular weight is 243 g/mol. The molecule has 0 amide bonds. The maximum Gasteiger partial charge on any atom is 0.151 e. The number of rotatable bonds is 4. The van der Waals surface area contributed by atoms with Crippen LogP contribution in [0.25, 0.3) is 0 Å². The van der Waals surface area contributed by atoms with Crippen molar-refractivity contribution in [1.82, 2.24) is 15.3 Å². The van der Waals surface area contributed by atoms with Crippen molar-refractivity contribution >= 4 is 9.84 Å². The number of nitrogens with zero attached hydrogens (tertiary/aromatic N) is 1. The van der Waals surface area contributed by atoms with Gasteiger partial charge in [0, 0.05) is 31.4 Å². The van der Waals surface area contributed by atoms with E-state index >= 15 is 0 Å². The summed E-state index contributed by atoms with van der Waals surface area (Å²) >= 11 is 0. The van der Waals surface area contributed by atoms with Crippen molar-refractivity contribution in [2.75, 3.05) is 18.1 Å². The normalized spacial score (nSPS) is 24.4. The molecule has 0 aliphatic carbocycles. The van der Waals surface area contributed by atoms with E-state index in [1.54, 1.807) is 12.4 Å². The molecule has 1 aliphatic heterocycles. The average Bonchev–Trinajstić information content (AvgIpc) is 2.69. The fraction of sp³-hybridized carbons (Fsp3) is 0.700. The molecule has 0 bridgehead atoms. The first-order valence-corrected chi connectivity index (χ1v) is 7.40. The molecule has 0 radical (unpaired) electrons. The third-order valence-electron chi connectivity index (χ3n) is 2.81. The topological polar surface area (TPSA) is 74.8 Å². The Labute approximate surface area is 95.6 Å². The van der Waals surface area contributed by atoms with Crippen molar-refractivity contribution in [2.45, 2.75) is 25.3 Å². The Morgan fingerprint density at radius 3 is 3.12 bits per heavy atom. The zero-order chi connectivity index (χ0) is 11.4. The van der Waals surface area contributed by atoms with E-state index in [0.29, 0.717) is 5.75 Å². The molecule has 90 valence electrons. The quantitative estimate of drug-likeness (QED) is 0.787. The van der Waals surface area contributed by atoms with Crippen LogP contribution in [0.2, 0.25) is 0 Å². The van der Waals surface area contributed by atoms with Gasteiger partial charge in [-0.05, 0) is 12.8 Å². The zero-order valence-corrected chi connectivity index (χ0v) is 9.96. The van der Waals surface area contributed by atoms with Gasteiger partial charge in [0.25, 0.3) is 0 Å². The number of imidazole rings is 1. The Kier molecular flexibility index (Phi) is 3.60. The summed E-state index contributed by atoms with van der Waals surface area (Å²) in [5.41, 5.74) is 0. The van der Waals surface area contributed by atoms with E-state index in [9.17, 15) is 8.42 Å². The Morgan fingerprint density at radius 1 is 1.56 bits per heavy atom. The highest BCUT2D eigenvalue weighted by Crippen LogP contribution is 2.11. The summed E-state index contributed by atoms with van der Waals surface area (Å²) in [5.74, 6) is 1.57. The minimum Gasteiger partial charge on any atom is -0.349 e. The molecular formula is C10H17N3O2S. The standard InChI is InChI=1S/C10H17N3O2S/c14-16(15)7-1-2-9(8-16)11-4-3-10-12-5-6-13-10/h5-6,9,11H,1-4,7-8H2,(H,12,13). The maximum atomic E-state index is 11.4. The molecule has 2 N–H and O–H groups in total. The monoisotopic (exact) mass is 243 g/mol. The first-order chi connectivity index (χ1) is 7.66. The van der Waals surface area contributed by atoms with E-state index < -0.39 is 9.84 Å². The first-order valence-electron chi connectivity index (χ1n) is 5.58. The second kappa shape index (κ2) is 4.97. The SMILES string of the molecule is O=S1(=O)CCCC(NCCc2ncc[nH]2)C1. The number of nitrogens with one attached hydrogen (secondary N) is 2. The molecule has 5 nitrogen and oxygen atoms in total. The number of sulfone groups is 1. The largest absolute Gasteiger partial charge is 0.349 e. The molecule has 1 atom stereocenters. The second-order valence-electron chi connectivity index (χ2n) is 4.19. The van der Waals surface area contributed by atoms with E-state index in [1.165, 1.54) is 0 Å². The van der Waals surface area contributed by atoms with E-state index in [0.717, 1.165) is 31.6 Å². The van der Waals surface area contributed by atoms with Gasteiger partial charge in [-0.3, -0.25) is 0 Å². The fourth-order valence-electron chi connectivity index (χ4n) is 2.01. The summed E-state index contributed by atoms with van der Waals surface area (Å²) in [6, 6.07) is 0.119. The molecule has 0 aromatic carbocycles. The molecule has 1 aromatic heterocycles. The summed E-state index contributed by atoms with van der Waals surface area (Å²) in [6.45, 7) is 0.772. The molecule has 1 fully saturated rings. The fourth-order valence-corrected chi connectivity index (χ4v) is 3.68. The summed E-state index contributed by atoms with van der Waals surface area (Å²) in [5, 5.41) is 3.28. The van der Waals surface area contributed by atoms with Gasteiger partial charge >= 0.3 is 0 Å². The second-order valence-corrected chi connectivity index (χ2v) is 6.42. The third kappa shape index (κ3) is 3.31. The molecule has 1 aromatic rings. The summed E-state index contributed by atoms with van der Waals surface area (Å²) in [7, 11) is -2.80. The molecule has 1 aliphatic rings. The van der Waals surface area contributed by atoms with E-state index in [1.807, 2.05) is 0 Å². The lowest BCUT2D eigenvalue weighted by Gasteiger charge is -2.22. The van der Waals surface area contributed by atoms with Crippen LogP contribution in [0.3, 0.4) is 0 Å². The number of aromatic amines is 1. The van der Waals surface area contributed by atoms with Gasteiger partial charge in [-0.1, -0.05) is 0 Å². The summed E-state index contributed by atoms with van der Waals surface area (Å²) < 4.78 is 22.8. The van der Waals surface area contributed by atoms with Crippen LogP contribution in [0.5, 0.6) is 0 Å². The highest BCUT2D eigenvalue weighted by Gasteiger charge is 2.23. The predicted molar refractivity (Wildman–Crippen MR) is 62.0 cm³/mol. The van der Waals surface area contributed by atoms with Crippen LogP contribution < -0.4 is 5.32 Å². The van der Waals surface area contributed by atoms with Gasteiger partial charge < -0.3 is 10.3 Å². The van der Waals surface area contributed by atoms with Gasteiger partial charge in [0.05, 0.1) is 11.5 Å². The van der Waals surface area contributed by atoms with Crippen molar-refractivity contribution in [3.8, 4) is 0 Å². The van der Waals surface area contributed by atoms with Crippen LogP contribution in [-0.4, -0.2) is 42.5 Å². The number of aromatic nitrogens is 2. The van der Waals surface area contributed by atoms with Crippen LogP contribution in [0.1, 0.15) is 18.7 Å². The molecular weight excluding hydrogens is 226 g/mol. The lowest BCUT2D eigenvalue weighted by Crippen LogP contribution is -2.41. The van der Waals surface area contributed by atoms with Crippen LogP contribution in [-0.2, 0) is 16.3 Å². The van der Waals surface area contributed by atoms with Gasteiger partial charge in [-0.15, -0.1) is 0 Å². The van der Waals surface area contributed by atoms with E-state index in [2.05, 4.69) is 15.3 Å². The molecule has 1 unspecified atom stereocenters. The first kappa shape index (κ1) is 11.6. The number of H-pyrrole nitrogens is 1. The molecule has 1 saturated heterocycles. The van der Waals surface area contributed by atoms with E-state index in [-0.39, 0.29) is 11.8 Å². The molecule has 2 heterocycles. The Morgan fingerprint density at radius 2 is 2.44 bits per heavy atom. The van der Waals surface area contributed by atoms with Crippen LogP contribution >= 0.6 is 0 Å². The van der Waals surface area contributed by atoms with Crippen molar-refractivity contribution in [1.29, 1.82) is 0 Å². The summed E-state index contributed by atoms with van der Waals surface area (Å²) in [4.78, 5) is 7.14. The number of hydrogen-bond acceptors (Lipinski definition) is 4. The lowest BCUT2D eigenvalue weighted by atomic mass is 10.2. The Balaban J connectivity index is 1.74. The van der Waals surface area contributed by atoms with Crippen LogP contribution in [0.4, 0.5) is 0 Å². The van der Waals surface area contributed by atoms with Crippen molar-refractivity contribution in [2.24, 2.45) is 0 Å². The van der Waals surface area contributed by atoms with Crippen molar-refractivity contribution in [3.63, 3.8) is 0 Å². The zero-order valence-electron chi connectivity index (χ0n) is 9.15. The molecule has 6 heteroatoms. The minimum atomic E-state index is -2.80. The highest BCUT2D eigenvalue weighted by molar-refractivity contribution is 7.91. The van der Waals surface area contributed by atoms with Crippen LogP contribution in [0.15, 0.2) is 12.4 Å². The Bertz CT molecular complexity index is 413. The molecule has 0 saturated carbocycles. The smallest absolute Gasteiger partial charge is 0.151 e. The highest BCUT2D eigenvalue weighted by atomic mass is 32.2. The van der Waals surface area contributed by atoms with Crippen LogP contribution in [0, 0.1) is 0 Å². The lowest BCUT2D eigenvalue weighted by molar-refractivity contribution is 0.481. The van der Waals surface area contributed by atoms with Gasteiger partial charge in [-0.2, -0.15) is 0 Å². The van der Waals surface area contributed by atoms with Gasteiger partial charge in [0.15, 0.2) is 9.84 Å². The molecule has 16 heavy (non-hydrogen) atoms. The minimum absolute atomic E-state index is 0.119. The van der Waals surface area contributed by atoms with E-state index in [4.69, 9.17) is 0 Å². The van der Waals surface area contributed by atoms with Gasteiger partial charge in [-0.25, -0.2) is 13.4 Å². The van der Waals surface area contributed by atoms with Gasteiger partial charge in [0.2, 0.25) is 0 Å². The predicted octanol–water partition coefficient (Wildman–Crippen LogP) is 0.119. The number of hydrogen-bond donors (Lipinski definition) is 2. The Hall–Kier alpha value is -0.880. The van der Waals surface area contributed by atoms with Crippen molar-refractivity contribution < 1.29 is 8.42 Å². The molecule has 2 rings (SSSR count). The maximum absolute atomic E-state index is 11.4. The summed E-state index contributed by atoms with van der Waals surface area (Å²) in [6.07, 6.45) is 6.06. The van der Waals surface area contributed by atoms with Gasteiger partial charge in [0.1, 0.15) is 5.82 Å².